The summed E-state index contributed by atoms with van der Waals surface area (Å²) in [6, 6.07) is 0. The summed E-state index contributed by atoms with van der Waals surface area (Å²) < 4.78 is 22.5. The number of allylic oxidation sites excluding steroid dienone is 4. The molecule has 0 bridgehead atoms. The lowest BCUT2D eigenvalue weighted by Crippen LogP contribution is -2.69. The van der Waals surface area contributed by atoms with Crippen LogP contribution in [0.3, 0.4) is 0 Å². The van der Waals surface area contributed by atoms with Crippen LogP contribution < -0.4 is 0 Å². The largest absolute Gasteiger partial charge is 0.457 e. The monoisotopic (exact) mass is 505 g/mol. The van der Waals surface area contributed by atoms with E-state index in [4.69, 9.17) is 4.74 Å². The number of alkyl halides is 1. The summed E-state index contributed by atoms with van der Waals surface area (Å²) in [7, 11) is 0. The third kappa shape index (κ3) is 3.58. The predicted molar refractivity (Wildman–Crippen MR) is 132 cm³/mol. The second-order valence-corrected chi connectivity index (χ2v) is 11.7. The van der Waals surface area contributed by atoms with Crippen molar-refractivity contribution in [3.8, 4) is 0 Å². The van der Waals surface area contributed by atoms with Gasteiger partial charge in [0.15, 0.2) is 18.1 Å². The number of Topliss-reactive ketones (excluding diaryl/α,β-unsaturated/α-hetero) is 1. The number of esters is 1. The van der Waals surface area contributed by atoms with Crippen LogP contribution in [0.25, 0.3) is 0 Å². The molecule has 0 aromatic rings. The van der Waals surface area contributed by atoms with Gasteiger partial charge in [-0.15, -0.1) is 0 Å². The van der Waals surface area contributed by atoms with Gasteiger partial charge in [0.05, 0.1) is 12.6 Å². The van der Waals surface area contributed by atoms with Crippen molar-refractivity contribution in [2.45, 2.75) is 77.7 Å². The van der Waals surface area contributed by atoms with E-state index in [2.05, 4.69) is 0 Å². The van der Waals surface area contributed by atoms with Crippen LogP contribution >= 0.6 is 0 Å². The highest BCUT2D eigenvalue weighted by molar-refractivity contribution is 6.01. The molecule has 0 saturated heterocycles. The Bertz CT molecular complexity index is 1010. The van der Waals surface area contributed by atoms with Crippen LogP contribution in [-0.4, -0.2) is 76.3 Å². The van der Waals surface area contributed by atoms with Crippen molar-refractivity contribution < 1.29 is 33.7 Å². The van der Waals surface area contributed by atoms with Crippen LogP contribution in [-0.2, 0) is 19.1 Å². The van der Waals surface area contributed by atoms with Crippen molar-refractivity contribution >= 4 is 17.5 Å². The molecule has 0 heterocycles. The highest BCUT2D eigenvalue weighted by atomic mass is 19.1. The number of ether oxygens (including phenoxy) is 1. The average Bonchev–Trinajstić information content (AvgIpc) is 3.03. The normalized spacial score (nSPS) is 43.5. The van der Waals surface area contributed by atoms with Crippen molar-refractivity contribution in [3.63, 3.8) is 0 Å². The lowest BCUT2D eigenvalue weighted by molar-refractivity contribution is -0.220. The third-order valence-electron chi connectivity index (χ3n) is 10.3. The smallest absolute Gasteiger partial charge is 0.320 e. The minimum Gasteiger partial charge on any atom is -0.457 e. The van der Waals surface area contributed by atoms with Crippen LogP contribution in [0.2, 0.25) is 0 Å². The Morgan fingerprint density at radius 2 is 1.89 bits per heavy atom. The minimum absolute atomic E-state index is 0.0593. The Hall–Kier alpha value is -1.90. The van der Waals surface area contributed by atoms with Gasteiger partial charge in [-0.2, -0.15) is 0 Å². The standard InChI is InChI=1S/C28H40FNO6/c1-6-30(7-2)15-24(34)36-16-23(33)28(35)17(3)12-21-20-9-8-18-13-19(31)10-11-25(18,4)27(20,29)22(32)14-26(21,28)5/h10-11,13,17,20-22,32,35H,6-9,12,14-16H2,1-5H3/t17-,20?,21?,22-,25-,26-,27?,28-/m0/s1. The second-order valence-electron chi connectivity index (χ2n) is 11.7. The predicted octanol–water partition coefficient (Wildman–Crippen LogP) is 2.79. The lowest BCUT2D eigenvalue weighted by Gasteiger charge is -2.62. The quantitative estimate of drug-likeness (QED) is 0.513. The van der Waals surface area contributed by atoms with E-state index in [1.165, 1.54) is 12.2 Å². The number of hydrogen-bond acceptors (Lipinski definition) is 7. The Kier molecular flexibility index (Phi) is 6.89. The highest BCUT2D eigenvalue weighted by Gasteiger charge is 2.75. The van der Waals surface area contributed by atoms with E-state index < -0.39 is 58.4 Å². The number of hydrogen-bond donors (Lipinski definition) is 2. The zero-order valence-electron chi connectivity index (χ0n) is 22.1. The average molecular weight is 506 g/mol. The van der Waals surface area contributed by atoms with Gasteiger partial charge in [-0.05, 0) is 69.7 Å². The van der Waals surface area contributed by atoms with E-state index in [9.17, 15) is 24.6 Å². The third-order valence-corrected chi connectivity index (χ3v) is 10.3. The van der Waals surface area contributed by atoms with E-state index in [0.29, 0.717) is 37.9 Å². The molecule has 4 aliphatic carbocycles. The number of fused-ring (bicyclic) bond motifs is 5. The maximum Gasteiger partial charge on any atom is 0.320 e. The zero-order chi connectivity index (χ0) is 26.7. The molecule has 8 heteroatoms. The molecule has 0 aromatic heterocycles. The SMILES string of the molecule is CCN(CC)CC(=O)OCC(=O)[C@@]1(O)[C@@H](C)CC2C3CCC4=CC(=O)C=C[C@]4(C)C3(F)[C@@H](O)C[C@@]21C. The number of nitrogens with zero attached hydrogens (tertiary/aromatic N) is 1. The summed E-state index contributed by atoms with van der Waals surface area (Å²) in [5.74, 6) is -2.76. The first-order valence-electron chi connectivity index (χ1n) is 13.2. The van der Waals surface area contributed by atoms with Crippen LogP contribution in [0.4, 0.5) is 4.39 Å². The number of carbonyl (C=O) groups excluding carboxylic acids is 3. The van der Waals surface area contributed by atoms with Crippen LogP contribution in [0.5, 0.6) is 0 Å². The Balaban J connectivity index is 1.61. The van der Waals surface area contributed by atoms with Gasteiger partial charge in [-0.3, -0.25) is 19.3 Å². The van der Waals surface area contributed by atoms with Crippen LogP contribution in [0.1, 0.15) is 60.3 Å². The Morgan fingerprint density at radius 1 is 1.22 bits per heavy atom. The van der Waals surface area contributed by atoms with Gasteiger partial charge in [0.2, 0.25) is 5.78 Å². The van der Waals surface area contributed by atoms with E-state index in [0.717, 1.165) is 0 Å². The summed E-state index contributed by atoms with van der Waals surface area (Å²) in [4.78, 5) is 39.6. The van der Waals surface area contributed by atoms with Gasteiger partial charge in [0.1, 0.15) is 5.60 Å². The Morgan fingerprint density at radius 3 is 2.53 bits per heavy atom. The molecule has 0 aliphatic heterocycles. The number of rotatable bonds is 7. The summed E-state index contributed by atoms with van der Waals surface area (Å²) in [5, 5.41) is 23.3. The molecule has 7 nitrogen and oxygen atoms in total. The number of likely N-dealkylation sites (N-methyl/N-ethyl adjacent to an activating group) is 1. The van der Waals surface area contributed by atoms with Gasteiger partial charge < -0.3 is 14.9 Å². The number of aliphatic hydroxyl groups is 2. The molecule has 200 valence electrons. The molecule has 4 rings (SSSR count). The Labute approximate surface area is 212 Å². The summed E-state index contributed by atoms with van der Waals surface area (Å²) in [6.07, 6.45) is 4.28. The molecule has 2 N–H and O–H groups in total. The molecule has 0 amide bonds. The topological polar surface area (TPSA) is 104 Å². The van der Waals surface area contributed by atoms with Crippen molar-refractivity contribution in [1.29, 1.82) is 0 Å². The maximum absolute atomic E-state index is 17.2. The molecular weight excluding hydrogens is 465 g/mol. The maximum atomic E-state index is 17.2. The van der Waals surface area contributed by atoms with Gasteiger partial charge in [-0.25, -0.2) is 4.39 Å². The first-order chi connectivity index (χ1) is 16.8. The fourth-order valence-corrected chi connectivity index (χ4v) is 8.07. The fraction of sp³-hybridized carbons (Fsp3) is 0.750. The molecule has 0 spiro atoms. The number of aliphatic hydroxyl groups excluding tert-OH is 1. The van der Waals surface area contributed by atoms with E-state index in [1.807, 2.05) is 18.7 Å². The summed E-state index contributed by atoms with van der Waals surface area (Å²) in [5.41, 5.74) is -5.40. The van der Waals surface area contributed by atoms with Gasteiger partial charge >= 0.3 is 5.97 Å². The van der Waals surface area contributed by atoms with Crippen molar-refractivity contribution in [2.24, 2.45) is 28.6 Å². The van der Waals surface area contributed by atoms with Crippen LogP contribution in [0.15, 0.2) is 23.8 Å². The molecule has 3 fully saturated rings. The second kappa shape index (κ2) is 9.14. The fourth-order valence-electron chi connectivity index (χ4n) is 8.07. The minimum atomic E-state index is -2.03. The first kappa shape index (κ1) is 27.1. The van der Waals surface area contributed by atoms with Crippen molar-refractivity contribution in [3.05, 3.63) is 23.8 Å². The number of ketones is 2. The molecule has 3 unspecified atom stereocenters. The zero-order valence-corrected chi connectivity index (χ0v) is 22.1. The van der Waals surface area contributed by atoms with Crippen molar-refractivity contribution in [2.75, 3.05) is 26.2 Å². The highest BCUT2D eigenvalue weighted by Crippen LogP contribution is 2.70. The summed E-state index contributed by atoms with van der Waals surface area (Å²) in [6.45, 7) is 9.99. The van der Waals surface area contributed by atoms with E-state index in [-0.39, 0.29) is 24.7 Å². The molecule has 36 heavy (non-hydrogen) atoms. The molecular formula is C28H40FNO6. The summed E-state index contributed by atoms with van der Waals surface area (Å²) >= 11 is 0. The van der Waals surface area contributed by atoms with Gasteiger partial charge in [0.25, 0.3) is 0 Å². The van der Waals surface area contributed by atoms with E-state index >= 15 is 4.39 Å². The molecule has 0 aromatic carbocycles. The van der Waals surface area contributed by atoms with E-state index in [1.54, 1.807) is 26.8 Å². The van der Waals surface area contributed by atoms with Gasteiger partial charge in [0, 0.05) is 16.7 Å². The molecule has 4 aliphatic rings. The molecule has 0 radical (unpaired) electrons. The van der Waals surface area contributed by atoms with Crippen molar-refractivity contribution in [1.82, 2.24) is 4.90 Å². The number of halogens is 1. The molecule has 3 saturated carbocycles. The number of carbonyl (C=O) groups is 3. The lowest BCUT2D eigenvalue weighted by atomic mass is 9.44. The van der Waals surface area contributed by atoms with Gasteiger partial charge in [-0.1, -0.05) is 39.3 Å². The first-order valence-corrected chi connectivity index (χ1v) is 13.2. The molecule has 8 atom stereocenters. The van der Waals surface area contributed by atoms with Crippen LogP contribution in [0, 0.1) is 28.6 Å².